The van der Waals surface area contributed by atoms with Gasteiger partial charge in [0.05, 0.1) is 5.69 Å². The van der Waals surface area contributed by atoms with E-state index in [9.17, 15) is 9.59 Å². The third-order valence-electron chi connectivity index (χ3n) is 3.82. The Labute approximate surface area is 131 Å². The van der Waals surface area contributed by atoms with Crippen LogP contribution in [0.25, 0.3) is 0 Å². The third-order valence-corrected chi connectivity index (χ3v) is 3.82. The van der Waals surface area contributed by atoms with Crippen LogP contribution in [0.2, 0.25) is 0 Å². The number of nitrogens with zero attached hydrogens (tertiary/aromatic N) is 2. The topological polar surface area (TPSA) is 49.9 Å². The van der Waals surface area contributed by atoms with E-state index in [1.54, 1.807) is 37.1 Å². The monoisotopic (exact) mass is 304 g/mol. The van der Waals surface area contributed by atoms with Gasteiger partial charge in [0.15, 0.2) is 6.10 Å². The maximum atomic E-state index is 12.6. The minimum Gasteiger partial charge on any atom is -0.479 e. The molecule has 0 aliphatic carbocycles. The second-order valence-corrected chi connectivity index (χ2v) is 5.63. The fourth-order valence-corrected chi connectivity index (χ4v) is 2.69. The van der Waals surface area contributed by atoms with Crippen LogP contribution in [0.15, 0.2) is 18.2 Å². The normalized spacial score (nSPS) is 17.0. The summed E-state index contributed by atoms with van der Waals surface area (Å²) in [4.78, 5) is 28.0. The number of benzene rings is 1. The molecule has 1 aliphatic rings. The van der Waals surface area contributed by atoms with Gasteiger partial charge < -0.3 is 14.5 Å². The minimum absolute atomic E-state index is 0.0160. The van der Waals surface area contributed by atoms with Crippen LogP contribution in [0.1, 0.15) is 44.0 Å². The van der Waals surface area contributed by atoms with E-state index < -0.39 is 6.10 Å². The number of fused-ring (bicyclic) bond motifs is 1. The van der Waals surface area contributed by atoms with Crippen molar-refractivity contribution in [1.29, 1.82) is 0 Å². The molecule has 0 radical (unpaired) electrons. The highest BCUT2D eigenvalue weighted by molar-refractivity contribution is 6.01. The van der Waals surface area contributed by atoms with E-state index in [1.165, 1.54) is 0 Å². The van der Waals surface area contributed by atoms with E-state index in [1.807, 2.05) is 4.90 Å². The minimum atomic E-state index is -0.523. The quantitative estimate of drug-likeness (QED) is 0.840. The average Bonchev–Trinajstić information content (AvgIpc) is 2.51. The molecule has 0 fully saturated rings. The predicted molar refractivity (Wildman–Crippen MR) is 86.4 cm³/mol. The van der Waals surface area contributed by atoms with Crippen LogP contribution in [-0.4, -0.2) is 43.0 Å². The smallest absolute Gasteiger partial charge is 0.267 e. The molecule has 0 saturated carbocycles. The van der Waals surface area contributed by atoms with Crippen molar-refractivity contribution < 1.29 is 14.3 Å². The molecule has 0 spiro atoms. The first-order valence-corrected chi connectivity index (χ1v) is 7.87. The number of hydrogen-bond acceptors (Lipinski definition) is 3. The predicted octanol–water partition coefficient (Wildman–Crippen LogP) is 2.69. The van der Waals surface area contributed by atoms with Gasteiger partial charge in [-0.3, -0.25) is 9.59 Å². The van der Waals surface area contributed by atoms with Crippen LogP contribution < -0.4 is 9.64 Å². The Morgan fingerprint density at radius 1 is 1.27 bits per heavy atom. The van der Waals surface area contributed by atoms with Crippen LogP contribution in [-0.2, 0) is 4.79 Å². The molecule has 0 aromatic heterocycles. The summed E-state index contributed by atoms with van der Waals surface area (Å²) in [5, 5.41) is 0. The van der Waals surface area contributed by atoms with Crippen molar-refractivity contribution >= 4 is 17.5 Å². The number of amides is 2. The zero-order valence-electron chi connectivity index (χ0n) is 13.8. The SMILES string of the molecule is CCCN(CCC)C(=O)c1ccc2c(c1)OC(C)C(=O)N2C. The summed E-state index contributed by atoms with van der Waals surface area (Å²) in [6.45, 7) is 7.35. The van der Waals surface area contributed by atoms with E-state index in [0.29, 0.717) is 17.0 Å². The lowest BCUT2D eigenvalue weighted by atomic mass is 10.1. The number of carbonyl (C=O) groups excluding carboxylic acids is 2. The van der Waals surface area contributed by atoms with Crippen molar-refractivity contribution in [3.05, 3.63) is 23.8 Å². The molecule has 22 heavy (non-hydrogen) atoms. The van der Waals surface area contributed by atoms with Crippen LogP contribution >= 0.6 is 0 Å². The first-order valence-electron chi connectivity index (χ1n) is 7.87. The highest BCUT2D eigenvalue weighted by Gasteiger charge is 2.29. The molecule has 1 aliphatic heterocycles. The van der Waals surface area contributed by atoms with Gasteiger partial charge in [-0.05, 0) is 38.0 Å². The van der Waals surface area contributed by atoms with E-state index in [4.69, 9.17) is 4.74 Å². The summed E-state index contributed by atoms with van der Waals surface area (Å²) in [6.07, 6.45) is 1.34. The number of hydrogen-bond donors (Lipinski definition) is 0. The third kappa shape index (κ3) is 3.08. The fraction of sp³-hybridized carbons (Fsp3) is 0.529. The zero-order valence-corrected chi connectivity index (χ0v) is 13.8. The summed E-state index contributed by atoms with van der Waals surface area (Å²) in [5.41, 5.74) is 1.31. The van der Waals surface area contributed by atoms with Gasteiger partial charge in [0.1, 0.15) is 5.75 Å². The standard InChI is InChI=1S/C17H24N2O3/c1-5-9-19(10-6-2)17(21)13-7-8-14-15(11-13)22-12(3)16(20)18(14)4/h7-8,11-12H,5-6,9-10H2,1-4H3. The van der Waals surface area contributed by atoms with Crippen molar-refractivity contribution in [2.45, 2.75) is 39.7 Å². The van der Waals surface area contributed by atoms with Gasteiger partial charge in [0.25, 0.3) is 11.8 Å². The molecule has 120 valence electrons. The van der Waals surface area contributed by atoms with E-state index >= 15 is 0 Å². The van der Waals surface area contributed by atoms with Gasteiger partial charge in [-0.15, -0.1) is 0 Å². The van der Waals surface area contributed by atoms with Crippen molar-refractivity contribution in [2.75, 3.05) is 25.0 Å². The molecule has 1 aromatic rings. The zero-order chi connectivity index (χ0) is 16.3. The Balaban J connectivity index is 2.29. The van der Waals surface area contributed by atoms with Crippen molar-refractivity contribution in [3.8, 4) is 5.75 Å². The van der Waals surface area contributed by atoms with Gasteiger partial charge in [-0.1, -0.05) is 13.8 Å². The Morgan fingerprint density at radius 2 is 1.91 bits per heavy atom. The Bertz CT molecular complexity index is 565. The number of carbonyl (C=O) groups is 2. The van der Waals surface area contributed by atoms with Gasteiger partial charge in [-0.2, -0.15) is 0 Å². The van der Waals surface area contributed by atoms with E-state index in [0.717, 1.165) is 25.9 Å². The summed E-state index contributed by atoms with van der Waals surface area (Å²) in [6, 6.07) is 5.29. The molecule has 0 N–H and O–H groups in total. The second-order valence-electron chi connectivity index (χ2n) is 5.63. The first kappa shape index (κ1) is 16.3. The molecule has 5 nitrogen and oxygen atoms in total. The molecule has 2 rings (SSSR count). The van der Waals surface area contributed by atoms with Crippen molar-refractivity contribution in [2.24, 2.45) is 0 Å². The molecule has 1 atom stereocenters. The summed E-state index contributed by atoms with van der Waals surface area (Å²) in [7, 11) is 1.72. The van der Waals surface area contributed by atoms with Gasteiger partial charge in [-0.25, -0.2) is 0 Å². The molecular formula is C17H24N2O3. The van der Waals surface area contributed by atoms with Crippen molar-refractivity contribution in [1.82, 2.24) is 4.90 Å². The van der Waals surface area contributed by atoms with Crippen LogP contribution in [0, 0.1) is 0 Å². The molecular weight excluding hydrogens is 280 g/mol. The first-order chi connectivity index (χ1) is 10.5. The summed E-state index contributed by atoms with van der Waals surface area (Å²) in [5.74, 6) is 0.529. The fourth-order valence-electron chi connectivity index (χ4n) is 2.69. The van der Waals surface area contributed by atoms with E-state index in [2.05, 4.69) is 13.8 Å². The maximum absolute atomic E-state index is 12.6. The lowest BCUT2D eigenvalue weighted by molar-refractivity contribution is -0.125. The molecule has 5 heteroatoms. The Morgan fingerprint density at radius 3 is 2.50 bits per heavy atom. The van der Waals surface area contributed by atoms with Gasteiger partial charge in [0, 0.05) is 25.7 Å². The van der Waals surface area contributed by atoms with E-state index in [-0.39, 0.29) is 11.8 Å². The van der Waals surface area contributed by atoms with Crippen LogP contribution in [0.4, 0.5) is 5.69 Å². The number of likely N-dealkylation sites (N-methyl/N-ethyl adjacent to an activating group) is 1. The van der Waals surface area contributed by atoms with Crippen molar-refractivity contribution in [3.63, 3.8) is 0 Å². The average molecular weight is 304 g/mol. The lowest BCUT2D eigenvalue weighted by Crippen LogP contribution is -2.42. The maximum Gasteiger partial charge on any atom is 0.267 e. The Kier molecular flexibility index (Phi) is 5.06. The lowest BCUT2D eigenvalue weighted by Gasteiger charge is -2.30. The van der Waals surface area contributed by atoms with Crippen LogP contribution in [0.3, 0.4) is 0 Å². The second kappa shape index (κ2) is 6.81. The highest BCUT2D eigenvalue weighted by atomic mass is 16.5. The molecule has 1 aromatic carbocycles. The molecule has 2 amide bonds. The van der Waals surface area contributed by atoms with Gasteiger partial charge in [0.2, 0.25) is 0 Å². The number of anilines is 1. The number of rotatable bonds is 5. The number of ether oxygens (including phenoxy) is 1. The van der Waals surface area contributed by atoms with Crippen LogP contribution in [0.5, 0.6) is 5.75 Å². The summed E-state index contributed by atoms with van der Waals surface area (Å²) < 4.78 is 5.64. The summed E-state index contributed by atoms with van der Waals surface area (Å²) >= 11 is 0. The largest absolute Gasteiger partial charge is 0.479 e. The molecule has 1 unspecified atom stereocenters. The highest BCUT2D eigenvalue weighted by Crippen LogP contribution is 2.34. The molecule has 0 bridgehead atoms. The molecule has 0 saturated heterocycles. The van der Waals surface area contributed by atoms with Gasteiger partial charge >= 0.3 is 0 Å². The Hall–Kier alpha value is -2.04. The molecule has 1 heterocycles.